The highest BCUT2D eigenvalue weighted by atomic mass is 15.1. The second-order valence-corrected chi connectivity index (χ2v) is 5.62. The van der Waals surface area contributed by atoms with Crippen LogP contribution in [0.15, 0.2) is 12.1 Å². The van der Waals surface area contributed by atoms with Crippen LogP contribution < -0.4 is 0 Å². The van der Waals surface area contributed by atoms with Crippen molar-refractivity contribution in [2.45, 2.75) is 40.0 Å². The predicted octanol–water partition coefficient (Wildman–Crippen LogP) is 3.49. The minimum absolute atomic E-state index is 0.0914. The molecule has 0 radical (unpaired) electrons. The normalized spacial score (nSPS) is 12.4. The summed E-state index contributed by atoms with van der Waals surface area (Å²) in [6.07, 6.45) is 0. The van der Waals surface area contributed by atoms with Crippen LogP contribution in [0.1, 0.15) is 37.7 Å². The standard InChI is InChI=1S/C14H20N2/c1-9-7-8-11-12(10(9)2)15-13(16(11)6)14(3,4)5/h7-8H,1-6H3. The summed E-state index contributed by atoms with van der Waals surface area (Å²) >= 11 is 0. The summed E-state index contributed by atoms with van der Waals surface area (Å²) in [6.45, 7) is 10.9. The molecule has 2 aromatic rings. The molecule has 2 nitrogen and oxygen atoms in total. The maximum Gasteiger partial charge on any atom is 0.115 e. The predicted molar refractivity (Wildman–Crippen MR) is 68.9 cm³/mol. The molecule has 0 aliphatic carbocycles. The highest BCUT2D eigenvalue weighted by Crippen LogP contribution is 2.27. The van der Waals surface area contributed by atoms with Gasteiger partial charge in [0.1, 0.15) is 5.82 Å². The van der Waals surface area contributed by atoms with Crippen molar-refractivity contribution in [2.24, 2.45) is 7.05 Å². The first-order valence-corrected chi connectivity index (χ1v) is 5.75. The Bertz CT molecular complexity index is 542. The zero-order chi connectivity index (χ0) is 12.1. The first-order valence-electron chi connectivity index (χ1n) is 5.75. The number of rotatable bonds is 0. The average molecular weight is 216 g/mol. The van der Waals surface area contributed by atoms with Gasteiger partial charge >= 0.3 is 0 Å². The highest BCUT2D eigenvalue weighted by Gasteiger charge is 2.21. The van der Waals surface area contributed by atoms with Gasteiger partial charge in [0.05, 0.1) is 11.0 Å². The van der Waals surface area contributed by atoms with Crippen molar-refractivity contribution in [3.05, 3.63) is 29.1 Å². The molecule has 0 N–H and O–H groups in total. The second kappa shape index (κ2) is 3.34. The number of nitrogens with zero attached hydrogens (tertiary/aromatic N) is 2. The molecule has 1 heterocycles. The van der Waals surface area contributed by atoms with Gasteiger partial charge < -0.3 is 4.57 Å². The van der Waals surface area contributed by atoms with Crippen molar-refractivity contribution < 1.29 is 0 Å². The lowest BCUT2D eigenvalue weighted by atomic mass is 9.96. The molecular weight excluding hydrogens is 196 g/mol. The molecule has 0 amide bonds. The van der Waals surface area contributed by atoms with Gasteiger partial charge in [-0.1, -0.05) is 26.8 Å². The number of benzene rings is 1. The zero-order valence-corrected chi connectivity index (χ0v) is 11.0. The third kappa shape index (κ3) is 1.53. The van der Waals surface area contributed by atoms with Crippen molar-refractivity contribution in [3.8, 4) is 0 Å². The Labute approximate surface area is 97.3 Å². The van der Waals surface area contributed by atoms with Crippen molar-refractivity contribution in [2.75, 3.05) is 0 Å². The molecule has 0 atom stereocenters. The summed E-state index contributed by atoms with van der Waals surface area (Å²) in [5.41, 5.74) is 5.07. The van der Waals surface area contributed by atoms with Gasteiger partial charge in [-0.25, -0.2) is 4.98 Å². The number of imidazole rings is 1. The summed E-state index contributed by atoms with van der Waals surface area (Å²) < 4.78 is 2.21. The Morgan fingerprint density at radius 1 is 1.12 bits per heavy atom. The van der Waals surface area contributed by atoms with Crippen molar-refractivity contribution in [3.63, 3.8) is 0 Å². The van der Waals surface area contributed by atoms with Crippen LogP contribution in [-0.4, -0.2) is 9.55 Å². The third-order valence-electron chi connectivity index (χ3n) is 3.25. The van der Waals surface area contributed by atoms with Gasteiger partial charge in [0.2, 0.25) is 0 Å². The SMILES string of the molecule is Cc1ccc2c(nc(C(C)(C)C)n2C)c1C. The number of hydrogen-bond donors (Lipinski definition) is 0. The number of aryl methyl sites for hydroxylation is 3. The highest BCUT2D eigenvalue weighted by molar-refractivity contribution is 5.80. The van der Waals surface area contributed by atoms with E-state index in [1.165, 1.54) is 16.6 Å². The monoisotopic (exact) mass is 216 g/mol. The fourth-order valence-electron chi connectivity index (χ4n) is 2.16. The van der Waals surface area contributed by atoms with Crippen molar-refractivity contribution in [1.82, 2.24) is 9.55 Å². The van der Waals surface area contributed by atoms with Crippen LogP contribution in [0.4, 0.5) is 0 Å². The first-order chi connectivity index (χ1) is 7.32. The van der Waals surface area contributed by atoms with E-state index in [0.717, 1.165) is 11.3 Å². The Balaban J connectivity index is 2.83. The van der Waals surface area contributed by atoms with Gasteiger partial charge in [0.25, 0.3) is 0 Å². The molecule has 0 fully saturated rings. The topological polar surface area (TPSA) is 17.8 Å². The molecule has 1 aromatic carbocycles. The van der Waals surface area contributed by atoms with Gasteiger partial charge in [0, 0.05) is 12.5 Å². The molecule has 1 aromatic heterocycles. The van der Waals surface area contributed by atoms with Gasteiger partial charge in [0.15, 0.2) is 0 Å². The Morgan fingerprint density at radius 3 is 2.31 bits per heavy atom. The fourth-order valence-corrected chi connectivity index (χ4v) is 2.16. The zero-order valence-electron chi connectivity index (χ0n) is 11.0. The lowest BCUT2D eigenvalue weighted by Gasteiger charge is -2.17. The van der Waals surface area contributed by atoms with E-state index < -0.39 is 0 Å². The lowest BCUT2D eigenvalue weighted by Crippen LogP contribution is -2.17. The molecule has 2 heteroatoms. The van der Waals surface area contributed by atoms with Crippen LogP contribution in [0.25, 0.3) is 11.0 Å². The average Bonchev–Trinajstić information content (AvgIpc) is 2.50. The molecule has 0 bridgehead atoms. The molecule has 16 heavy (non-hydrogen) atoms. The van der Waals surface area contributed by atoms with E-state index >= 15 is 0 Å². The second-order valence-electron chi connectivity index (χ2n) is 5.62. The van der Waals surface area contributed by atoms with E-state index in [9.17, 15) is 0 Å². The third-order valence-corrected chi connectivity index (χ3v) is 3.25. The molecular formula is C14H20N2. The van der Waals surface area contributed by atoms with E-state index in [0.29, 0.717) is 0 Å². The Kier molecular flexibility index (Phi) is 2.33. The molecule has 0 aliphatic rings. The van der Waals surface area contributed by atoms with Crippen LogP contribution in [0, 0.1) is 13.8 Å². The quantitative estimate of drug-likeness (QED) is 0.659. The first kappa shape index (κ1) is 11.2. The van der Waals surface area contributed by atoms with Gasteiger partial charge in [-0.15, -0.1) is 0 Å². The van der Waals surface area contributed by atoms with Crippen LogP contribution in [-0.2, 0) is 12.5 Å². The molecule has 0 spiro atoms. The molecule has 0 unspecified atom stereocenters. The van der Waals surface area contributed by atoms with Gasteiger partial charge in [-0.05, 0) is 31.0 Å². The largest absolute Gasteiger partial charge is 0.331 e. The maximum atomic E-state index is 4.81. The molecule has 86 valence electrons. The minimum atomic E-state index is 0.0914. The van der Waals surface area contributed by atoms with Crippen molar-refractivity contribution in [1.29, 1.82) is 0 Å². The van der Waals surface area contributed by atoms with Crippen molar-refractivity contribution >= 4 is 11.0 Å². The number of fused-ring (bicyclic) bond motifs is 1. The fraction of sp³-hybridized carbons (Fsp3) is 0.500. The maximum absolute atomic E-state index is 4.81. The van der Waals surface area contributed by atoms with Crippen LogP contribution in [0.3, 0.4) is 0 Å². The number of hydrogen-bond acceptors (Lipinski definition) is 1. The smallest absolute Gasteiger partial charge is 0.115 e. The van der Waals surface area contributed by atoms with Crippen LogP contribution >= 0.6 is 0 Å². The van der Waals surface area contributed by atoms with Crippen LogP contribution in [0.2, 0.25) is 0 Å². The number of aromatic nitrogens is 2. The summed E-state index contributed by atoms with van der Waals surface area (Å²) in [5, 5.41) is 0. The van der Waals surface area contributed by atoms with E-state index in [1.54, 1.807) is 0 Å². The summed E-state index contributed by atoms with van der Waals surface area (Å²) in [6, 6.07) is 4.34. The van der Waals surface area contributed by atoms with Gasteiger partial charge in [-0.3, -0.25) is 0 Å². The lowest BCUT2D eigenvalue weighted by molar-refractivity contribution is 0.526. The molecule has 0 aliphatic heterocycles. The Morgan fingerprint density at radius 2 is 1.75 bits per heavy atom. The molecule has 2 rings (SSSR count). The Hall–Kier alpha value is -1.31. The van der Waals surface area contributed by atoms with Gasteiger partial charge in [-0.2, -0.15) is 0 Å². The summed E-state index contributed by atoms with van der Waals surface area (Å²) in [4.78, 5) is 4.81. The molecule has 0 saturated heterocycles. The van der Waals surface area contributed by atoms with E-state index in [4.69, 9.17) is 4.98 Å². The molecule has 0 saturated carbocycles. The van der Waals surface area contributed by atoms with Crippen LogP contribution in [0.5, 0.6) is 0 Å². The van der Waals surface area contributed by atoms with E-state index in [-0.39, 0.29) is 5.41 Å². The summed E-state index contributed by atoms with van der Waals surface area (Å²) in [7, 11) is 2.10. The summed E-state index contributed by atoms with van der Waals surface area (Å²) in [5.74, 6) is 1.15. The minimum Gasteiger partial charge on any atom is -0.331 e. The van der Waals surface area contributed by atoms with E-state index in [2.05, 4.69) is 58.4 Å². The van der Waals surface area contributed by atoms with E-state index in [1.807, 2.05) is 0 Å².